The van der Waals surface area contributed by atoms with Crippen LogP contribution in [0.25, 0.3) is 11.4 Å². The number of rotatable bonds is 5. The van der Waals surface area contributed by atoms with Crippen LogP contribution >= 0.6 is 11.8 Å². The molecule has 1 aromatic carbocycles. The molecular formula is C17H15F3N4O2S. The number of nitrogens with one attached hydrogen (secondary N) is 1. The van der Waals surface area contributed by atoms with E-state index in [0.29, 0.717) is 16.7 Å². The number of aromatic nitrogens is 3. The van der Waals surface area contributed by atoms with Crippen molar-refractivity contribution in [2.75, 3.05) is 5.32 Å². The molecule has 2 heterocycles. The second-order valence-electron chi connectivity index (χ2n) is 5.73. The van der Waals surface area contributed by atoms with Crippen molar-refractivity contribution in [2.24, 2.45) is 7.05 Å². The molecule has 1 amide bonds. The molecule has 0 radical (unpaired) electrons. The van der Waals surface area contributed by atoms with Gasteiger partial charge in [0.1, 0.15) is 5.76 Å². The van der Waals surface area contributed by atoms with Gasteiger partial charge in [0.05, 0.1) is 22.8 Å². The summed E-state index contributed by atoms with van der Waals surface area (Å²) in [6.45, 7) is 3.37. The van der Waals surface area contributed by atoms with Crippen molar-refractivity contribution in [3.05, 3.63) is 47.7 Å². The van der Waals surface area contributed by atoms with Gasteiger partial charge in [-0.15, -0.1) is 10.2 Å². The van der Waals surface area contributed by atoms with Crippen LogP contribution in [0, 0.1) is 24.4 Å². The smallest absolute Gasteiger partial charge is 0.237 e. The topological polar surface area (TPSA) is 72.9 Å². The fraction of sp³-hybridized carbons (Fsp3) is 0.235. The number of hydrogen-bond acceptors (Lipinski definition) is 5. The van der Waals surface area contributed by atoms with Crippen LogP contribution in [-0.4, -0.2) is 25.9 Å². The van der Waals surface area contributed by atoms with Gasteiger partial charge in [-0.3, -0.25) is 4.79 Å². The second-order valence-corrected chi connectivity index (χ2v) is 7.04. The summed E-state index contributed by atoms with van der Waals surface area (Å²) in [5.41, 5.74) is 0.344. The minimum absolute atomic E-state index is 0.431. The number of hydrogen-bond donors (Lipinski definition) is 1. The van der Waals surface area contributed by atoms with Crippen molar-refractivity contribution in [3.8, 4) is 11.4 Å². The Morgan fingerprint density at radius 3 is 2.63 bits per heavy atom. The molecule has 0 aliphatic rings. The van der Waals surface area contributed by atoms with E-state index in [2.05, 4.69) is 15.5 Å². The third kappa shape index (κ3) is 3.70. The number of aryl methyl sites for hydroxylation is 1. The van der Waals surface area contributed by atoms with Crippen LogP contribution in [-0.2, 0) is 11.8 Å². The third-order valence-electron chi connectivity index (χ3n) is 3.88. The maximum atomic E-state index is 13.7. The fourth-order valence-electron chi connectivity index (χ4n) is 2.34. The maximum absolute atomic E-state index is 13.7. The van der Waals surface area contributed by atoms with Crippen molar-refractivity contribution < 1.29 is 22.4 Å². The highest BCUT2D eigenvalue weighted by Gasteiger charge is 2.22. The molecule has 3 rings (SSSR count). The number of nitrogens with zero attached hydrogens (tertiary/aromatic N) is 3. The van der Waals surface area contributed by atoms with Crippen LogP contribution in [0.15, 0.2) is 34.0 Å². The molecule has 0 saturated carbocycles. The van der Waals surface area contributed by atoms with Crippen molar-refractivity contribution in [1.29, 1.82) is 0 Å². The Morgan fingerprint density at radius 2 is 1.96 bits per heavy atom. The van der Waals surface area contributed by atoms with Crippen LogP contribution in [0.1, 0.15) is 12.7 Å². The molecule has 0 fully saturated rings. The number of amides is 1. The molecule has 0 bridgehead atoms. The molecule has 1 unspecified atom stereocenters. The van der Waals surface area contributed by atoms with Gasteiger partial charge in [-0.25, -0.2) is 13.2 Å². The van der Waals surface area contributed by atoms with Crippen LogP contribution in [0.2, 0.25) is 0 Å². The fourth-order valence-corrected chi connectivity index (χ4v) is 3.15. The summed E-state index contributed by atoms with van der Waals surface area (Å²) in [7, 11) is 1.74. The molecule has 10 heteroatoms. The Balaban J connectivity index is 1.73. The summed E-state index contributed by atoms with van der Waals surface area (Å²) >= 11 is 1.09. The SMILES string of the molecule is Cc1occc1-c1nnc(SC(C)C(=O)Nc2ccc(F)c(F)c2F)n1C. The normalized spacial score (nSPS) is 12.2. The molecule has 6 nitrogen and oxygen atoms in total. The summed E-state index contributed by atoms with van der Waals surface area (Å²) in [5, 5.41) is 10.2. The molecule has 27 heavy (non-hydrogen) atoms. The predicted molar refractivity (Wildman–Crippen MR) is 93.7 cm³/mol. The van der Waals surface area contributed by atoms with Crippen molar-refractivity contribution in [1.82, 2.24) is 14.8 Å². The quantitative estimate of drug-likeness (QED) is 0.523. The van der Waals surface area contributed by atoms with Crippen LogP contribution in [0.3, 0.4) is 0 Å². The van der Waals surface area contributed by atoms with Gasteiger partial charge < -0.3 is 14.3 Å². The lowest BCUT2D eigenvalue weighted by atomic mass is 10.2. The Morgan fingerprint density at radius 1 is 1.22 bits per heavy atom. The first-order chi connectivity index (χ1) is 12.8. The summed E-state index contributed by atoms with van der Waals surface area (Å²) in [6, 6.07) is 3.47. The Labute approximate surface area is 156 Å². The Kier molecular flexibility index (Phi) is 5.26. The summed E-state index contributed by atoms with van der Waals surface area (Å²) in [5.74, 6) is -3.74. The van der Waals surface area contributed by atoms with Gasteiger partial charge in [-0.2, -0.15) is 0 Å². The van der Waals surface area contributed by atoms with Crippen molar-refractivity contribution in [3.63, 3.8) is 0 Å². The molecule has 1 N–H and O–H groups in total. The lowest BCUT2D eigenvalue weighted by Crippen LogP contribution is -2.23. The van der Waals surface area contributed by atoms with E-state index in [4.69, 9.17) is 4.42 Å². The summed E-state index contributed by atoms with van der Waals surface area (Å²) in [6.07, 6.45) is 1.54. The monoisotopic (exact) mass is 396 g/mol. The average Bonchev–Trinajstić information content (AvgIpc) is 3.21. The minimum Gasteiger partial charge on any atom is -0.469 e. The highest BCUT2D eigenvalue weighted by molar-refractivity contribution is 8.00. The molecule has 0 aliphatic heterocycles. The Bertz CT molecular complexity index is 1000. The summed E-state index contributed by atoms with van der Waals surface area (Å²) < 4.78 is 46.9. The van der Waals surface area contributed by atoms with Gasteiger partial charge in [0.15, 0.2) is 28.4 Å². The number of thioether (sulfide) groups is 1. The zero-order valence-corrected chi connectivity index (χ0v) is 15.4. The van der Waals surface area contributed by atoms with E-state index < -0.39 is 34.3 Å². The lowest BCUT2D eigenvalue weighted by molar-refractivity contribution is -0.115. The van der Waals surface area contributed by atoms with E-state index in [0.717, 1.165) is 29.5 Å². The highest BCUT2D eigenvalue weighted by Crippen LogP contribution is 2.28. The molecule has 0 spiro atoms. The zero-order valence-electron chi connectivity index (χ0n) is 14.6. The van der Waals surface area contributed by atoms with E-state index in [9.17, 15) is 18.0 Å². The maximum Gasteiger partial charge on any atom is 0.237 e. The van der Waals surface area contributed by atoms with Gasteiger partial charge in [0.25, 0.3) is 0 Å². The van der Waals surface area contributed by atoms with Gasteiger partial charge >= 0.3 is 0 Å². The van der Waals surface area contributed by atoms with Crippen molar-refractivity contribution >= 4 is 23.4 Å². The lowest BCUT2D eigenvalue weighted by Gasteiger charge is -2.12. The first kappa shape index (κ1) is 19.0. The Hall–Kier alpha value is -2.75. The average molecular weight is 396 g/mol. The van der Waals surface area contributed by atoms with Gasteiger partial charge in [0, 0.05) is 7.05 Å². The van der Waals surface area contributed by atoms with Gasteiger partial charge in [0.2, 0.25) is 5.91 Å². The van der Waals surface area contributed by atoms with E-state index in [1.54, 1.807) is 37.8 Å². The first-order valence-electron chi connectivity index (χ1n) is 7.84. The van der Waals surface area contributed by atoms with Crippen LogP contribution in [0.5, 0.6) is 0 Å². The summed E-state index contributed by atoms with van der Waals surface area (Å²) in [4.78, 5) is 12.3. The number of furan rings is 1. The number of benzene rings is 1. The molecule has 0 aliphatic carbocycles. The van der Waals surface area contributed by atoms with Crippen molar-refractivity contribution in [2.45, 2.75) is 24.3 Å². The number of carbonyl (C=O) groups is 1. The molecule has 2 aromatic heterocycles. The molecule has 0 saturated heterocycles. The second kappa shape index (κ2) is 7.47. The molecule has 142 valence electrons. The van der Waals surface area contributed by atoms with Crippen LogP contribution in [0.4, 0.5) is 18.9 Å². The van der Waals surface area contributed by atoms with E-state index in [1.807, 2.05) is 0 Å². The van der Waals surface area contributed by atoms with Gasteiger partial charge in [-0.1, -0.05) is 11.8 Å². The number of carbonyl (C=O) groups excluding carboxylic acids is 1. The molecular weight excluding hydrogens is 381 g/mol. The third-order valence-corrected chi connectivity index (χ3v) is 5.01. The van der Waals surface area contributed by atoms with E-state index in [1.165, 1.54) is 0 Å². The molecule has 3 aromatic rings. The standard InChI is InChI=1S/C17H15F3N4O2S/c1-8-10(6-7-26-8)15-22-23-17(24(15)3)27-9(2)16(25)21-12-5-4-11(18)13(19)14(12)20/h4-7,9H,1-3H3,(H,21,25). The van der Waals surface area contributed by atoms with Gasteiger partial charge in [-0.05, 0) is 32.0 Å². The molecule has 1 atom stereocenters. The van der Waals surface area contributed by atoms with E-state index >= 15 is 0 Å². The minimum atomic E-state index is -1.64. The highest BCUT2D eigenvalue weighted by atomic mass is 32.2. The largest absolute Gasteiger partial charge is 0.469 e. The number of halogens is 3. The zero-order chi connectivity index (χ0) is 19.7. The van der Waals surface area contributed by atoms with Crippen LogP contribution < -0.4 is 5.32 Å². The van der Waals surface area contributed by atoms with E-state index in [-0.39, 0.29) is 0 Å². The first-order valence-corrected chi connectivity index (χ1v) is 8.72. The predicted octanol–water partition coefficient (Wildman–Crippen LogP) is 3.92. The number of anilines is 1.